The summed E-state index contributed by atoms with van der Waals surface area (Å²) in [6, 6.07) is 2.95. The van der Waals surface area contributed by atoms with Gasteiger partial charge in [-0.25, -0.2) is 12.8 Å². The van der Waals surface area contributed by atoms with Crippen LogP contribution in [0.5, 0.6) is 0 Å². The molecule has 1 aromatic rings. The molecule has 0 radical (unpaired) electrons. The average Bonchev–Trinajstić information content (AvgIpc) is 2.45. The van der Waals surface area contributed by atoms with Gasteiger partial charge in [0, 0.05) is 13.1 Å². The van der Waals surface area contributed by atoms with Crippen LogP contribution >= 0.6 is 27.5 Å². The maximum Gasteiger partial charge on any atom is 0.246 e. The molecule has 9 heteroatoms. The van der Waals surface area contributed by atoms with Gasteiger partial charge in [-0.2, -0.15) is 9.57 Å². The van der Waals surface area contributed by atoms with E-state index < -0.39 is 26.7 Å². The molecule has 0 fully saturated rings. The van der Waals surface area contributed by atoms with Gasteiger partial charge in [0.25, 0.3) is 0 Å². The van der Waals surface area contributed by atoms with Gasteiger partial charge in [0.05, 0.1) is 27.2 Å². The Morgan fingerprint density at radius 1 is 1.62 bits per heavy atom. The molecule has 1 aromatic carbocycles. The molecule has 0 aliphatic heterocycles. The summed E-state index contributed by atoms with van der Waals surface area (Å²) in [7, 11) is -4.13. The molecule has 2 N–H and O–H groups in total. The zero-order chi connectivity index (χ0) is 16.4. The van der Waals surface area contributed by atoms with Crippen molar-refractivity contribution in [1.29, 1.82) is 5.26 Å². The number of sulfonamides is 1. The molecule has 0 saturated carbocycles. The highest BCUT2D eigenvalue weighted by Crippen LogP contribution is 2.35. The van der Waals surface area contributed by atoms with Gasteiger partial charge in [-0.15, -0.1) is 0 Å². The van der Waals surface area contributed by atoms with E-state index in [0.29, 0.717) is 0 Å². The van der Waals surface area contributed by atoms with Crippen molar-refractivity contribution in [3.05, 3.63) is 21.4 Å². The maximum absolute atomic E-state index is 14.2. The van der Waals surface area contributed by atoms with Gasteiger partial charge in [-0.05, 0) is 28.9 Å². The van der Waals surface area contributed by atoms with Crippen molar-refractivity contribution >= 4 is 43.2 Å². The number of hydrogen-bond donors (Lipinski definition) is 1. The first-order valence-corrected chi connectivity index (χ1v) is 8.60. The standard InChI is InChI=1S/C12H14BrClFN3O2S/c1-3-18(6-7(2)5-16)21(19,20)9-4-8(14)10(13)12(17)11(9)15/h4,7H,3,6,17H2,1-2H3. The Morgan fingerprint density at radius 3 is 2.67 bits per heavy atom. The first-order chi connectivity index (χ1) is 9.66. The number of nitrogens with two attached hydrogens (primary N) is 1. The summed E-state index contributed by atoms with van der Waals surface area (Å²) in [5, 5.41) is 8.80. The Bertz CT molecular complexity index is 691. The van der Waals surface area contributed by atoms with Crippen LogP contribution in [0.2, 0.25) is 5.02 Å². The molecule has 1 unspecified atom stereocenters. The Balaban J connectivity index is 3.40. The fourth-order valence-corrected chi connectivity index (χ4v) is 3.88. The first-order valence-electron chi connectivity index (χ1n) is 5.99. The number of rotatable bonds is 5. The van der Waals surface area contributed by atoms with Gasteiger partial charge in [-0.1, -0.05) is 18.5 Å². The molecular formula is C12H14BrClFN3O2S. The Morgan fingerprint density at radius 2 is 2.19 bits per heavy atom. The van der Waals surface area contributed by atoms with Crippen molar-refractivity contribution in [2.75, 3.05) is 18.8 Å². The number of benzene rings is 1. The van der Waals surface area contributed by atoms with Crippen molar-refractivity contribution in [2.24, 2.45) is 5.92 Å². The molecule has 0 saturated heterocycles. The third-order valence-corrected chi connectivity index (χ3v) is 6.15. The van der Waals surface area contributed by atoms with E-state index >= 15 is 0 Å². The number of hydrogen-bond acceptors (Lipinski definition) is 4. The average molecular weight is 399 g/mol. The summed E-state index contributed by atoms with van der Waals surface area (Å²) in [6.45, 7) is 3.24. The summed E-state index contributed by atoms with van der Waals surface area (Å²) >= 11 is 8.84. The van der Waals surface area contributed by atoms with Crippen LogP contribution in [0.15, 0.2) is 15.4 Å². The zero-order valence-corrected chi connectivity index (χ0v) is 14.6. The van der Waals surface area contributed by atoms with E-state index in [2.05, 4.69) is 15.9 Å². The lowest BCUT2D eigenvalue weighted by Crippen LogP contribution is -2.35. The molecule has 0 spiro atoms. The second kappa shape index (κ2) is 6.92. The van der Waals surface area contributed by atoms with Crippen LogP contribution in [0.3, 0.4) is 0 Å². The molecule has 0 bridgehead atoms. The summed E-state index contributed by atoms with van der Waals surface area (Å²) in [5.74, 6) is -1.58. The molecule has 0 aliphatic rings. The van der Waals surface area contributed by atoms with Gasteiger partial charge in [0.15, 0.2) is 5.82 Å². The Labute approximate surface area is 136 Å². The quantitative estimate of drug-likeness (QED) is 0.610. The summed E-state index contributed by atoms with van der Waals surface area (Å²) in [6.07, 6.45) is 0. The molecule has 5 nitrogen and oxygen atoms in total. The minimum atomic E-state index is -4.13. The van der Waals surface area contributed by atoms with E-state index in [-0.39, 0.29) is 28.3 Å². The normalized spacial score (nSPS) is 13.2. The Kier molecular flexibility index (Phi) is 5.99. The van der Waals surface area contributed by atoms with Gasteiger partial charge >= 0.3 is 0 Å². The minimum absolute atomic E-state index is 0.00291. The highest BCUT2D eigenvalue weighted by Gasteiger charge is 2.30. The highest BCUT2D eigenvalue weighted by molar-refractivity contribution is 9.10. The third-order valence-electron chi connectivity index (χ3n) is 2.83. The Hall–Kier alpha value is -0.880. The lowest BCUT2D eigenvalue weighted by atomic mass is 10.2. The largest absolute Gasteiger partial charge is 0.395 e. The summed E-state index contributed by atoms with van der Waals surface area (Å²) in [5.41, 5.74) is 5.14. The molecule has 0 heterocycles. The van der Waals surface area contributed by atoms with Crippen molar-refractivity contribution in [3.8, 4) is 6.07 Å². The van der Waals surface area contributed by atoms with Crippen LogP contribution in [0.25, 0.3) is 0 Å². The number of halogens is 3. The molecule has 116 valence electrons. The first kappa shape index (κ1) is 18.2. The predicted molar refractivity (Wildman–Crippen MR) is 82.7 cm³/mol. The van der Waals surface area contributed by atoms with E-state index in [0.717, 1.165) is 10.4 Å². The number of nitrogens with zero attached hydrogens (tertiary/aromatic N) is 2. The van der Waals surface area contributed by atoms with E-state index in [1.165, 1.54) is 0 Å². The van der Waals surface area contributed by atoms with Crippen LogP contribution in [0, 0.1) is 23.1 Å². The fraction of sp³-hybridized carbons (Fsp3) is 0.417. The van der Waals surface area contributed by atoms with Crippen LogP contribution in [-0.2, 0) is 10.0 Å². The molecule has 0 aliphatic carbocycles. The highest BCUT2D eigenvalue weighted by atomic mass is 79.9. The van der Waals surface area contributed by atoms with Gasteiger partial charge in [0.1, 0.15) is 4.90 Å². The number of anilines is 1. The van der Waals surface area contributed by atoms with E-state index in [1.54, 1.807) is 13.8 Å². The van der Waals surface area contributed by atoms with E-state index in [9.17, 15) is 12.8 Å². The van der Waals surface area contributed by atoms with E-state index in [4.69, 9.17) is 22.6 Å². The van der Waals surface area contributed by atoms with Gasteiger partial charge < -0.3 is 5.73 Å². The third kappa shape index (κ3) is 3.66. The lowest BCUT2D eigenvalue weighted by Gasteiger charge is -2.22. The zero-order valence-electron chi connectivity index (χ0n) is 11.4. The van der Waals surface area contributed by atoms with E-state index in [1.807, 2.05) is 6.07 Å². The van der Waals surface area contributed by atoms with Crippen LogP contribution < -0.4 is 5.73 Å². The molecular weight excluding hydrogens is 385 g/mol. The minimum Gasteiger partial charge on any atom is -0.395 e. The van der Waals surface area contributed by atoms with Crippen molar-refractivity contribution < 1.29 is 12.8 Å². The topological polar surface area (TPSA) is 87.2 Å². The van der Waals surface area contributed by atoms with Crippen molar-refractivity contribution in [2.45, 2.75) is 18.7 Å². The van der Waals surface area contributed by atoms with Crippen LogP contribution in [0.4, 0.5) is 10.1 Å². The summed E-state index contributed by atoms with van der Waals surface area (Å²) < 4.78 is 40.3. The second-order valence-electron chi connectivity index (χ2n) is 4.38. The van der Waals surface area contributed by atoms with Crippen molar-refractivity contribution in [1.82, 2.24) is 4.31 Å². The molecule has 21 heavy (non-hydrogen) atoms. The van der Waals surface area contributed by atoms with Gasteiger partial charge in [0.2, 0.25) is 10.0 Å². The molecule has 1 rings (SSSR count). The van der Waals surface area contributed by atoms with Crippen LogP contribution in [0.1, 0.15) is 13.8 Å². The second-order valence-corrected chi connectivity index (χ2v) is 7.49. The molecule has 0 aromatic heterocycles. The fourth-order valence-electron chi connectivity index (χ4n) is 1.67. The molecule has 1 atom stereocenters. The van der Waals surface area contributed by atoms with Crippen LogP contribution in [-0.4, -0.2) is 25.8 Å². The summed E-state index contributed by atoms with van der Waals surface area (Å²) in [4.78, 5) is -0.597. The predicted octanol–water partition coefficient (Wildman–Crippen LogP) is 2.99. The van der Waals surface area contributed by atoms with Gasteiger partial charge in [-0.3, -0.25) is 0 Å². The number of nitriles is 1. The monoisotopic (exact) mass is 397 g/mol. The molecule has 0 amide bonds. The maximum atomic E-state index is 14.2. The smallest absolute Gasteiger partial charge is 0.246 e. The SMILES string of the molecule is CCN(CC(C)C#N)S(=O)(=O)c1cc(Cl)c(Br)c(N)c1F. The lowest BCUT2D eigenvalue weighted by molar-refractivity contribution is 0.397. The number of nitrogen functional groups attached to an aromatic ring is 1. The van der Waals surface area contributed by atoms with Crippen molar-refractivity contribution in [3.63, 3.8) is 0 Å².